The summed E-state index contributed by atoms with van der Waals surface area (Å²) in [5.74, 6) is -1.25. The van der Waals surface area contributed by atoms with Crippen LogP contribution in [0.25, 0.3) is 114 Å². The summed E-state index contributed by atoms with van der Waals surface area (Å²) in [6.07, 6.45) is 13.2. The van der Waals surface area contributed by atoms with E-state index in [1.165, 1.54) is 139 Å². The molecule has 11 heteroatoms. The van der Waals surface area contributed by atoms with E-state index in [1.54, 1.807) is 18.2 Å². The van der Waals surface area contributed by atoms with Gasteiger partial charge in [0.15, 0.2) is 0 Å². The van der Waals surface area contributed by atoms with Gasteiger partial charge in [-0.2, -0.15) is 5.26 Å². The fourth-order valence-corrected chi connectivity index (χ4v) is 14.6. The quantitative estimate of drug-likeness (QED) is 0.0350. The van der Waals surface area contributed by atoms with Crippen LogP contribution >= 0.6 is 11.7 Å². The zero-order chi connectivity index (χ0) is 57.1. The molecule has 412 valence electrons. The number of aryl methyl sites for hydroxylation is 2. The molecule has 0 saturated heterocycles. The summed E-state index contributed by atoms with van der Waals surface area (Å²) in [5, 5.41) is 23.8. The Kier molecular flexibility index (Phi) is 15.4. The van der Waals surface area contributed by atoms with Crippen LogP contribution in [0, 0.1) is 11.3 Å². The third-order valence-corrected chi connectivity index (χ3v) is 19.2. The van der Waals surface area contributed by atoms with E-state index < -0.39 is 5.97 Å². The van der Waals surface area contributed by atoms with Crippen LogP contribution in [-0.2, 0) is 17.9 Å². The zero-order valence-electron chi connectivity index (χ0n) is 47.0. The molecule has 13 aromatic rings. The van der Waals surface area contributed by atoms with E-state index in [2.05, 4.69) is 198 Å². The number of para-hydroxylation sites is 2. The number of fused-ring (bicyclic) bond motifs is 7. The summed E-state index contributed by atoms with van der Waals surface area (Å²) in [7, 11) is 0. The topological polar surface area (TPSA) is 113 Å². The number of nitriles is 1. The van der Waals surface area contributed by atoms with Crippen molar-refractivity contribution in [3.8, 4) is 59.6 Å². The van der Waals surface area contributed by atoms with Crippen LogP contribution in [0.1, 0.15) is 70.8 Å². The van der Waals surface area contributed by atoms with Gasteiger partial charge in [-0.05, 0) is 37.1 Å². The molecule has 0 bridgehead atoms. The Hall–Kier alpha value is -9.17. The number of unbranched alkanes of at least 4 members (excludes halogenated alkanes) is 6. The molecule has 0 unspecified atom stereocenters. The van der Waals surface area contributed by atoms with Crippen LogP contribution in [0.3, 0.4) is 0 Å². The molecule has 0 fully saturated rings. The maximum atomic E-state index is 11.4. The monoisotopic (exact) mass is 1180 g/mol. The Morgan fingerprint density at radius 2 is 1.00 bits per heavy atom. The Bertz CT molecular complexity index is 4450. The van der Waals surface area contributed by atoms with Gasteiger partial charge >= 0.3 is 295 Å². The molecule has 0 atom stereocenters. The van der Waals surface area contributed by atoms with Crippen molar-refractivity contribution in [3.05, 3.63) is 211 Å². The van der Waals surface area contributed by atoms with E-state index in [-0.39, 0.29) is 20.1 Å². The molecule has 1 N–H and O–H groups in total. The number of carboxylic acid groups (broad SMARTS) is 1. The smallest absolute Gasteiger partial charge is 0.0371 e. The second kappa shape index (κ2) is 24.0. The van der Waals surface area contributed by atoms with Crippen LogP contribution in [-0.4, -0.2) is 48.4 Å². The molecular weight excluding hydrogens is 1120 g/mol. The van der Waals surface area contributed by atoms with Gasteiger partial charge in [0.25, 0.3) is 0 Å². The van der Waals surface area contributed by atoms with Gasteiger partial charge < -0.3 is 14.2 Å². The van der Waals surface area contributed by atoms with Crippen LogP contribution in [0.15, 0.2) is 206 Å². The van der Waals surface area contributed by atoms with Gasteiger partial charge in [-0.1, -0.05) is 88.8 Å². The van der Waals surface area contributed by atoms with Crippen molar-refractivity contribution in [1.82, 2.24) is 22.9 Å². The number of nitrogens with zero attached hydrogens (tertiary/aromatic N) is 7. The summed E-state index contributed by atoms with van der Waals surface area (Å²) >= 11 is 1.08. The van der Waals surface area contributed by atoms with Crippen LogP contribution in [0.5, 0.6) is 0 Å². The molecule has 13 rings (SSSR count). The first-order valence-corrected chi connectivity index (χ1v) is 31.6. The second-order valence-corrected chi connectivity index (χ2v) is 24.3. The van der Waals surface area contributed by atoms with Gasteiger partial charge in [-0.3, -0.25) is 0 Å². The number of benzene rings is 9. The Labute approximate surface area is 499 Å². The Morgan fingerprint density at radius 3 is 1.51 bits per heavy atom. The summed E-state index contributed by atoms with van der Waals surface area (Å²) in [4.78, 5) is 18.8. The van der Waals surface area contributed by atoms with Crippen LogP contribution in [0.4, 0.5) is 17.1 Å². The normalized spacial score (nSPS) is 11.8. The summed E-state index contributed by atoms with van der Waals surface area (Å²) in [6.45, 7) is 6.59. The van der Waals surface area contributed by atoms with E-state index in [9.17, 15) is 15.2 Å². The Morgan fingerprint density at radius 1 is 0.536 bits per heavy atom. The summed E-state index contributed by atoms with van der Waals surface area (Å²) in [5.41, 5.74) is 19.0. The van der Waals surface area contributed by atoms with Crippen molar-refractivity contribution >= 4 is 110 Å². The number of carboxylic acids is 1. The molecule has 0 radical (unpaired) electrons. The van der Waals surface area contributed by atoms with E-state index in [0.29, 0.717) is 5.56 Å². The molecule has 0 saturated carbocycles. The molecule has 9 aromatic carbocycles. The zero-order valence-corrected chi connectivity index (χ0v) is 49.5. The second-order valence-electron chi connectivity index (χ2n) is 21.6. The summed E-state index contributed by atoms with van der Waals surface area (Å²) < 4.78 is 16.7. The minimum Gasteiger partial charge on any atom is -0.0371 e. The first kappa shape index (κ1) is 54.1. The van der Waals surface area contributed by atoms with Crippen LogP contribution in [0.2, 0.25) is 0 Å². The fraction of sp³-hybridized carbons (Fsp3) is 0.164. The number of aromatic nitrogens is 5. The number of hydrogen-bond acceptors (Lipinski definition) is 7. The predicted octanol–water partition coefficient (Wildman–Crippen LogP) is 19.3. The molecule has 0 amide bonds. The van der Waals surface area contributed by atoms with Gasteiger partial charge in [0, 0.05) is 56.7 Å². The molecule has 84 heavy (non-hydrogen) atoms. The fourth-order valence-electron chi connectivity index (χ4n) is 12.0. The number of aliphatic carboxylic acids is 1. The average Bonchev–Trinajstić information content (AvgIpc) is 4.28. The van der Waals surface area contributed by atoms with E-state index >= 15 is 0 Å². The van der Waals surface area contributed by atoms with Crippen molar-refractivity contribution in [3.63, 3.8) is 0 Å². The third-order valence-electron chi connectivity index (χ3n) is 16.4. The number of carbonyl (C=O) groups is 1. The number of anilines is 3. The van der Waals surface area contributed by atoms with Crippen LogP contribution < -0.4 is 4.90 Å². The van der Waals surface area contributed by atoms with E-state index in [1.807, 2.05) is 18.3 Å². The number of hydrogen-bond donors (Lipinski definition) is 1. The number of rotatable bonds is 20. The van der Waals surface area contributed by atoms with Crippen molar-refractivity contribution in [1.29, 1.82) is 5.26 Å². The van der Waals surface area contributed by atoms with Crippen molar-refractivity contribution < 1.29 is 9.90 Å². The minimum atomic E-state index is -1.25. The van der Waals surface area contributed by atoms with Gasteiger partial charge in [0.05, 0.1) is 0 Å². The van der Waals surface area contributed by atoms with Crippen molar-refractivity contribution in [2.75, 3.05) is 4.90 Å². The molecule has 4 aromatic heterocycles. The molecular formula is C73H61N7O2SSe. The van der Waals surface area contributed by atoms with E-state index in [4.69, 9.17) is 13.7 Å². The standard InChI is InChI=1S/C73H61N7O2SSe/c1-3-5-7-13-41-78-65-17-11-9-15-60(65)63-44-53(29-39-67(63)78)49-23-31-56(32-24-49)80(57-33-25-50(26-34-57)54-30-40-68-64(45-54)61-16-10-12-18-66(61)79(68)42-14-8-6-4-2)58-35-27-52(28-36-58)69-47-75-72(84-69)62-38-37-59(70-71(62)77-83-76-70)51-21-19-48(20-22-51)43-55(46-74)73(81)82/h9-12,15-40,43-45,47H,3-8,13-14,41-42H2,1-2H3,(H,81,82)/b55-43-. The first-order valence-electron chi connectivity index (χ1n) is 29.2. The maximum absolute atomic E-state index is 11.4. The van der Waals surface area contributed by atoms with Gasteiger partial charge in [-0.25, -0.2) is 4.79 Å². The minimum absolute atomic E-state index is 0.0966. The SMILES string of the molecule is CCCCCCn1c2ccccc2c2cc(-c3ccc(N(c4ccc(-c5ccc6c(c5)c5ccccc5n6CCCCCC)cc4)c4ccc(-c5cnc(-c6ccc(-c7ccc(/C=C(/C#N)C(=O)O)cc7)c7nsnc67)[se]5)cc4)cc3)ccc21. The predicted molar refractivity (Wildman–Crippen MR) is 350 cm³/mol. The van der Waals surface area contributed by atoms with Crippen molar-refractivity contribution in [2.24, 2.45) is 0 Å². The molecule has 0 aliphatic carbocycles. The first-order chi connectivity index (χ1) is 41.3. The van der Waals surface area contributed by atoms with Crippen molar-refractivity contribution in [2.45, 2.75) is 78.3 Å². The van der Waals surface area contributed by atoms with Gasteiger partial charge in [-0.15, -0.1) is 0 Å². The molecule has 0 aliphatic rings. The van der Waals surface area contributed by atoms with E-state index in [0.717, 1.165) is 68.0 Å². The third kappa shape index (κ3) is 10.5. The molecule has 4 heterocycles. The Balaban J connectivity index is 0.817. The van der Waals surface area contributed by atoms with Gasteiger partial charge in [0.2, 0.25) is 0 Å². The van der Waals surface area contributed by atoms with Gasteiger partial charge in [0.1, 0.15) is 0 Å². The molecule has 0 aliphatic heterocycles. The molecule has 0 spiro atoms. The molecule has 9 nitrogen and oxygen atoms in total. The summed E-state index contributed by atoms with van der Waals surface area (Å²) in [6, 6.07) is 72.0. The average molecular weight is 1180 g/mol.